The molecule has 1 rings (SSSR count). The van der Waals surface area contributed by atoms with Gasteiger partial charge in [0.1, 0.15) is 0 Å². The van der Waals surface area contributed by atoms with Crippen LogP contribution in [0.25, 0.3) is 0 Å². The van der Waals surface area contributed by atoms with Gasteiger partial charge >= 0.3 is 0 Å². The van der Waals surface area contributed by atoms with Gasteiger partial charge in [0.15, 0.2) is 0 Å². The Hall–Kier alpha value is -0.820. The van der Waals surface area contributed by atoms with Gasteiger partial charge in [-0.2, -0.15) is 0 Å². The van der Waals surface area contributed by atoms with E-state index in [2.05, 4.69) is 45.1 Å². The molecule has 0 aromatic heterocycles. The van der Waals surface area contributed by atoms with E-state index in [1.165, 1.54) is 41.5 Å². The molecule has 0 amide bonds. The van der Waals surface area contributed by atoms with Crippen LogP contribution < -0.4 is 5.32 Å². The van der Waals surface area contributed by atoms with E-state index in [1.54, 1.807) is 0 Å². The SMILES string of the molecule is CN[C@@H](C)CCCc1cc(C)c(C)c(C)c1. The van der Waals surface area contributed by atoms with Crippen LogP contribution in [0.1, 0.15) is 42.0 Å². The number of hydrogen-bond donors (Lipinski definition) is 1. The van der Waals surface area contributed by atoms with Crippen molar-refractivity contribution < 1.29 is 0 Å². The Bertz CT molecular complexity index is 318. The fourth-order valence-electron chi connectivity index (χ4n) is 2.03. The zero-order valence-electron chi connectivity index (χ0n) is 11.4. The van der Waals surface area contributed by atoms with Gasteiger partial charge in [-0.1, -0.05) is 12.1 Å². The predicted molar refractivity (Wildman–Crippen MR) is 72.1 cm³/mol. The van der Waals surface area contributed by atoms with Gasteiger partial charge in [-0.25, -0.2) is 0 Å². The molecule has 0 aliphatic carbocycles. The lowest BCUT2D eigenvalue weighted by atomic mass is 9.97. The third kappa shape index (κ3) is 3.64. The minimum absolute atomic E-state index is 0.632. The Kier molecular flexibility index (Phi) is 5.01. The Morgan fingerprint density at radius 3 is 2.19 bits per heavy atom. The number of nitrogens with one attached hydrogen (secondary N) is 1. The maximum absolute atomic E-state index is 3.28. The summed E-state index contributed by atoms with van der Waals surface area (Å²) in [4.78, 5) is 0. The summed E-state index contributed by atoms with van der Waals surface area (Å²) in [6.45, 7) is 8.87. The summed E-state index contributed by atoms with van der Waals surface area (Å²) in [5.41, 5.74) is 5.78. The van der Waals surface area contributed by atoms with E-state index in [-0.39, 0.29) is 0 Å². The summed E-state index contributed by atoms with van der Waals surface area (Å²) in [6.07, 6.45) is 3.72. The third-order valence-electron chi connectivity index (χ3n) is 3.58. The highest BCUT2D eigenvalue weighted by atomic mass is 14.8. The Morgan fingerprint density at radius 2 is 1.69 bits per heavy atom. The normalized spacial score (nSPS) is 12.8. The molecule has 0 bridgehead atoms. The molecule has 16 heavy (non-hydrogen) atoms. The fourth-order valence-corrected chi connectivity index (χ4v) is 2.03. The zero-order valence-corrected chi connectivity index (χ0v) is 11.4. The van der Waals surface area contributed by atoms with Crippen LogP contribution in [0.5, 0.6) is 0 Å². The molecule has 1 atom stereocenters. The first-order valence-electron chi connectivity index (χ1n) is 6.28. The van der Waals surface area contributed by atoms with Crippen LogP contribution in [0.15, 0.2) is 12.1 Å². The fraction of sp³-hybridized carbons (Fsp3) is 0.600. The molecule has 0 saturated heterocycles. The molecule has 0 saturated carbocycles. The van der Waals surface area contributed by atoms with E-state index in [4.69, 9.17) is 0 Å². The van der Waals surface area contributed by atoms with Crippen LogP contribution in [0.3, 0.4) is 0 Å². The van der Waals surface area contributed by atoms with Crippen LogP contribution in [0, 0.1) is 20.8 Å². The number of aryl methyl sites for hydroxylation is 3. The van der Waals surface area contributed by atoms with Gasteiger partial charge in [0.25, 0.3) is 0 Å². The van der Waals surface area contributed by atoms with Crippen LogP contribution in [0.2, 0.25) is 0 Å². The molecule has 1 aromatic rings. The molecular formula is C15H25N. The predicted octanol–water partition coefficient (Wildman–Crippen LogP) is 3.54. The Labute approximate surface area is 100 Å². The maximum atomic E-state index is 3.28. The van der Waals surface area contributed by atoms with Crippen LogP contribution in [0.4, 0.5) is 0 Å². The van der Waals surface area contributed by atoms with Gasteiger partial charge in [0, 0.05) is 6.04 Å². The average molecular weight is 219 g/mol. The zero-order chi connectivity index (χ0) is 12.1. The lowest BCUT2D eigenvalue weighted by Gasteiger charge is -2.11. The van der Waals surface area contributed by atoms with E-state index in [0.29, 0.717) is 6.04 Å². The molecule has 0 spiro atoms. The molecule has 0 radical (unpaired) electrons. The average Bonchev–Trinajstić information content (AvgIpc) is 2.25. The van der Waals surface area contributed by atoms with Crippen molar-refractivity contribution in [3.05, 3.63) is 34.4 Å². The lowest BCUT2D eigenvalue weighted by Crippen LogP contribution is -2.20. The number of benzene rings is 1. The molecule has 0 heterocycles. The molecule has 0 aliphatic heterocycles. The van der Waals surface area contributed by atoms with E-state index in [9.17, 15) is 0 Å². The van der Waals surface area contributed by atoms with Gasteiger partial charge < -0.3 is 5.32 Å². The van der Waals surface area contributed by atoms with E-state index in [0.717, 1.165) is 0 Å². The summed E-state index contributed by atoms with van der Waals surface area (Å²) in [5, 5.41) is 3.28. The van der Waals surface area contributed by atoms with Crippen molar-refractivity contribution in [2.45, 2.75) is 53.0 Å². The van der Waals surface area contributed by atoms with Crippen molar-refractivity contribution in [2.24, 2.45) is 0 Å². The second-order valence-electron chi connectivity index (χ2n) is 4.94. The second-order valence-corrected chi connectivity index (χ2v) is 4.94. The van der Waals surface area contributed by atoms with Crippen LogP contribution in [-0.4, -0.2) is 13.1 Å². The topological polar surface area (TPSA) is 12.0 Å². The molecule has 90 valence electrons. The molecule has 0 aliphatic rings. The van der Waals surface area contributed by atoms with Crippen molar-refractivity contribution in [1.29, 1.82) is 0 Å². The van der Waals surface area contributed by atoms with Crippen molar-refractivity contribution in [2.75, 3.05) is 7.05 Å². The van der Waals surface area contributed by atoms with Crippen molar-refractivity contribution >= 4 is 0 Å². The van der Waals surface area contributed by atoms with Crippen molar-refractivity contribution in [3.63, 3.8) is 0 Å². The molecule has 1 N–H and O–H groups in total. The standard InChI is InChI=1S/C15H25N/c1-11-9-15(10-12(2)14(11)4)8-6-7-13(3)16-5/h9-10,13,16H,6-8H2,1-5H3/t13-/m0/s1. The Balaban J connectivity index is 2.55. The lowest BCUT2D eigenvalue weighted by molar-refractivity contribution is 0.542. The summed E-state index contributed by atoms with van der Waals surface area (Å²) in [7, 11) is 2.03. The summed E-state index contributed by atoms with van der Waals surface area (Å²) in [6, 6.07) is 5.31. The smallest absolute Gasteiger partial charge is 0.00358 e. The second kappa shape index (κ2) is 6.05. The number of rotatable bonds is 5. The van der Waals surface area contributed by atoms with Gasteiger partial charge in [-0.15, -0.1) is 0 Å². The Morgan fingerprint density at radius 1 is 1.12 bits per heavy atom. The van der Waals surface area contributed by atoms with Gasteiger partial charge in [-0.05, 0) is 76.3 Å². The summed E-state index contributed by atoms with van der Waals surface area (Å²) in [5.74, 6) is 0. The molecule has 1 nitrogen and oxygen atoms in total. The monoisotopic (exact) mass is 219 g/mol. The minimum Gasteiger partial charge on any atom is -0.317 e. The van der Waals surface area contributed by atoms with Crippen LogP contribution >= 0.6 is 0 Å². The van der Waals surface area contributed by atoms with Gasteiger partial charge in [0.05, 0.1) is 0 Å². The molecule has 1 aromatic carbocycles. The summed E-state index contributed by atoms with van der Waals surface area (Å²) < 4.78 is 0. The quantitative estimate of drug-likeness (QED) is 0.798. The third-order valence-corrected chi connectivity index (χ3v) is 3.58. The van der Waals surface area contributed by atoms with Crippen LogP contribution in [-0.2, 0) is 6.42 Å². The minimum atomic E-state index is 0.632. The van der Waals surface area contributed by atoms with E-state index >= 15 is 0 Å². The molecular weight excluding hydrogens is 194 g/mol. The number of hydrogen-bond acceptors (Lipinski definition) is 1. The summed E-state index contributed by atoms with van der Waals surface area (Å²) >= 11 is 0. The van der Waals surface area contributed by atoms with Gasteiger partial charge in [-0.3, -0.25) is 0 Å². The first-order chi connectivity index (χ1) is 7.54. The highest BCUT2D eigenvalue weighted by Crippen LogP contribution is 2.17. The molecule has 0 fully saturated rings. The van der Waals surface area contributed by atoms with Gasteiger partial charge in [0.2, 0.25) is 0 Å². The van der Waals surface area contributed by atoms with E-state index < -0.39 is 0 Å². The highest BCUT2D eigenvalue weighted by molar-refractivity contribution is 5.36. The molecule has 0 unspecified atom stereocenters. The first kappa shape index (κ1) is 13.2. The van der Waals surface area contributed by atoms with Crippen molar-refractivity contribution in [1.82, 2.24) is 5.32 Å². The first-order valence-corrected chi connectivity index (χ1v) is 6.28. The van der Waals surface area contributed by atoms with E-state index in [1.807, 2.05) is 7.05 Å². The van der Waals surface area contributed by atoms with Crippen molar-refractivity contribution in [3.8, 4) is 0 Å². The highest BCUT2D eigenvalue weighted by Gasteiger charge is 2.02. The largest absolute Gasteiger partial charge is 0.317 e. The molecule has 1 heteroatoms. The maximum Gasteiger partial charge on any atom is 0.00358 e.